The van der Waals surface area contributed by atoms with Crippen molar-refractivity contribution in [1.29, 1.82) is 0 Å². The summed E-state index contributed by atoms with van der Waals surface area (Å²) in [4.78, 5) is 0. The average molecular weight is 412 g/mol. The Morgan fingerprint density at radius 2 is 1.93 bits per heavy atom. The van der Waals surface area contributed by atoms with Gasteiger partial charge in [-0.3, -0.25) is 0 Å². The van der Waals surface area contributed by atoms with E-state index in [1.807, 2.05) is 12.1 Å². The minimum atomic E-state index is -1.87. The molecular weight excluding hydrogens is 374 g/mol. The van der Waals surface area contributed by atoms with Crippen molar-refractivity contribution in [2.45, 2.75) is 95.6 Å². The fraction of sp³-hybridized carbons (Fsp3) is 0.727. The van der Waals surface area contributed by atoms with Gasteiger partial charge >= 0.3 is 0 Å². The molecule has 1 aliphatic heterocycles. The van der Waals surface area contributed by atoms with Crippen molar-refractivity contribution < 1.29 is 9.53 Å². The molecule has 0 bridgehead atoms. The van der Waals surface area contributed by atoms with Gasteiger partial charge in [-0.25, -0.2) is 0 Å². The molecule has 1 aromatic rings. The molecule has 27 heavy (non-hydrogen) atoms. The molecule has 0 unspecified atom stereocenters. The summed E-state index contributed by atoms with van der Waals surface area (Å²) >= 11 is 6.29. The van der Waals surface area contributed by atoms with E-state index in [-0.39, 0.29) is 28.8 Å². The fourth-order valence-electron chi connectivity index (χ4n) is 4.01. The Hall–Kier alpha value is -0.393. The Kier molecular flexibility index (Phi) is 6.91. The zero-order valence-corrected chi connectivity index (χ0v) is 19.9. The highest BCUT2D eigenvalue weighted by molar-refractivity contribution is 6.74. The van der Waals surface area contributed by atoms with Crippen LogP contribution in [-0.4, -0.2) is 31.7 Å². The average Bonchev–Trinajstić information content (AvgIpc) is 2.97. The molecular formula is C22H38ClNO2Si. The molecule has 1 saturated heterocycles. The third-order valence-electron chi connectivity index (χ3n) is 6.61. The van der Waals surface area contributed by atoms with Crippen molar-refractivity contribution in [1.82, 2.24) is 5.32 Å². The normalized spacial score (nSPS) is 24.4. The molecule has 154 valence electrons. The molecule has 0 amide bonds. The monoisotopic (exact) mass is 411 g/mol. The molecule has 2 atom stereocenters. The third-order valence-corrected chi connectivity index (χ3v) is 11.5. The molecule has 1 aliphatic rings. The Morgan fingerprint density at radius 3 is 2.48 bits per heavy atom. The standard InChI is InChI=1S/C22H38ClNO2Si/c1-20(2,3)27(6,7)26-21(4,5)19-12-14-22(24-19,13-9-15-25)17-10-8-11-18(23)16-17/h8,10-11,16,19,24-25H,9,12-15H2,1-7H3/t19-,22+/m1/s1. The van der Waals surface area contributed by atoms with Crippen LogP contribution < -0.4 is 5.32 Å². The Bertz CT molecular complexity index is 641. The van der Waals surface area contributed by atoms with Gasteiger partial charge in [0.05, 0.1) is 5.60 Å². The van der Waals surface area contributed by atoms with Crippen LogP contribution in [0.3, 0.4) is 0 Å². The predicted octanol–water partition coefficient (Wildman–Crippen LogP) is 5.86. The van der Waals surface area contributed by atoms with E-state index in [0.717, 1.165) is 30.7 Å². The molecule has 0 radical (unpaired) electrons. The van der Waals surface area contributed by atoms with Gasteiger partial charge in [0.15, 0.2) is 8.32 Å². The van der Waals surface area contributed by atoms with Gasteiger partial charge in [-0.15, -0.1) is 0 Å². The highest BCUT2D eigenvalue weighted by Gasteiger charge is 2.49. The molecule has 0 aliphatic carbocycles. The summed E-state index contributed by atoms with van der Waals surface area (Å²) in [6.07, 6.45) is 3.76. The lowest BCUT2D eigenvalue weighted by molar-refractivity contribution is 0.0502. The van der Waals surface area contributed by atoms with E-state index >= 15 is 0 Å². The van der Waals surface area contributed by atoms with Crippen LogP contribution in [0.15, 0.2) is 24.3 Å². The summed E-state index contributed by atoms with van der Waals surface area (Å²) < 4.78 is 6.83. The number of hydrogen-bond donors (Lipinski definition) is 2. The van der Waals surface area contributed by atoms with Gasteiger partial charge in [0.25, 0.3) is 0 Å². The number of benzene rings is 1. The first-order chi connectivity index (χ1) is 12.3. The molecule has 2 rings (SSSR count). The molecule has 3 nitrogen and oxygen atoms in total. The lowest BCUT2D eigenvalue weighted by Crippen LogP contribution is -2.56. The van der Waals surface area contributed by atoms with Crippen LogP contribution in [-0.2, 0) is 9.96 Å². The van der Waals surface area contributed by atoms with Gasteiger partial charge in [0, 0.05) is 23.2 Å². The van der Waals surface area contributed by atoms with Gasteiger partial charge in [-0.05, 0) is 75.4 Å². The molecule has 0 aromatic heterocycles. The number of hydrogen-bond acceptors (Lipinski definition) is 3. The summed E-state index contributed by atoms with van der Waals surface area (Å²) in [7, 11) is -1.87. The minimum absolute atomic E-state index is 0.146. The summed E-state index contributed by atoms with van der Waals surface area (Å²) in [5, 5.41) is 14.3. The van der Waals surface area contributed by atoms with E-state index in [0.29, 0.717) is 0 Å². The zero-order valence-electron chi connectivity index (χ0n) is 18.2. The van der Waals surface area contributed by atoms with Gasteiger partial charge in [0.2, 0.25) is 0 Å². The van der Waals surface area contributed by atoms with E-state index in [9.17, 15) is 5.11 Å². The van der Waals surface area contributed by atoms with Crippen molar-refractivity contribution in [2.24, 2.45) is 0 Å². The summed E-state index contributed by atoms with van der Waals surface area (Å²) in [5.41, 5.74) is 0.823. The summed E-state index contributed by atoms with van der Waals surface area (Å²) in [6.45, 7) is 16.2. The lowest BCUT2D eigenvalue weighted by atomic mass is 9.84. The van der Waals surface area contributed by atoms with Crippen LogP contribution in [0.5, 0.6) is 0 Å². The lowest BCUT2D eigenvalue weighted by Gasteiger charge is -2.46. The molecule has 5 heteroatoms. The van der Waals surface area contributed by atoms with E-state index in [1.54, 1.807) is 0 Å². The van der Waals surface area contributed by atoms with Crippen molar-refractivity contribution in [3.8, 4) is 0 Å². The van der Waals surface area contributed by atoms with Crippen molar-refractivity contribution in [3.05, 3.63) is 34.9 Å². The van der Waals surface area contributed by atoms with Gasteiger partial charge in [-0.2, -0.15) is 0 Å². The minimum Gasteiger partial charge on any atom is -0.410 e. The molecule has 1 fully saturated rings. The molecule has 0 spiro atoms. The summed E-state index contributed by atoms with van der Waals surface area (Å²) in [6, 6.07) is 8.42. The van der Waals surface area contributed by atoms with Crippen LogP contribution in [0.2, 0.25) is 23.2 Å². The highest BCUT2D eigenvalue weighted by Crippen LogP contribution is 2.44. The van der Waals surface area contributed by atoms with Gasteiger partial charge in [-0.1, -0.05) is 44.5 Å². The Morgan fingerprint density at radius 1 is 1.26 bits per heavy atom. The van der Waals surface area contributed by atoms with Crippen molar-refractivity contribution >= 4 is 19.9 Å². The van der Waals surface area contributed by atoms with Crippen LogP contribution in [0.25, 0.3) is 0 Å². The SMILES string of the molecule is CC(C)(O[Si](C)(C)C(C)(C)C)[C@H]1CC[C@@](CCCO)(c2cccc(Cl)c2)N1. The van der Waals surface area contributed by atoms with Crippen LogP contribution in [0.4, 0.5) is 0 Å². The maximum atomic E-state index is 9.44. The molecule has 1 heterocycles. The smallest absolute Gasteiger partial charge is 0.192 e. The number of aliphatic hydroxyl groups excluding tert-OH is 1. The van der Waals surface area contributed by atoms with Gasteiger partial charge in [0.1, 0.15) is 0 Å². The maximum absolute atomic E-state index is 9.44. The first-order valence-electron chi connectivity index (χ1n) is 10.2. The second-order valence-electron chi connectivity index (χ2n) is 10.1. The maximum Gasteiger partial charge on any atom is 0.192 e. The van der Waals surface area contributed by atoms with Crippen LogP contribution in [0, 0.1) is 0 Å². The number of nitrogens with one attached hydrogen (secondary N) is 1. The van der Waals surface area contributed by atoms with E-state index < -0.39 is 8.32 Å². The molecule has 1 aromatic carbocycles. The quantitative estimate of drug-likeness (QED) is 0.552. The first kappa shape index (κ1) is 22.9. The molecule has 2 N–H and O–H groups in total. The highest BCUT2D eigenvalue weighted by atomic mass is 35.5. The Balaban J connectivity index is 2.26. The number of rotatable bonds is 7. The van der Waals surface area contributed by atoms with E-state index in [2.05, 4.69) is 65.2 Å². The summed E-state index contributed by atoms with van der Waals surface area (Å²) in [5.74, 6) is 0. The first-order valence-corrected chi connectivity index (χ1v) is 13.5. The van der Waals surface area contributed by atoms with Crippen molar-refractivity contribution in [3.63, 3.8) is 0 Å². The topological polar surface area (TPSA) is 41.5 Å². The third kappa shape index (κ3) is 5.16. The van der Waals surface area contributed by atoms with E-state index in [1.165, 1.54) is 5.56 Å². The zero-order chi connectivity index (χ0) is 20.5. The Labute approximate surface area is 172 Å². The second kappa shape index (κ2) is 8.15. The second-order valence-corrected chi connectivity index (χ2v) is 15.3. The van der Waals surface area contributed by atoms with Gasteiger partial charge < -0.3 is 14.8 Å². The number of halogens is 1. The molecule has 0 saturated carbocycles. The van der Waals surface area contributed by atoms with Crippen molar-refractivity contribution in [2.75, 3.05) is 6.61 Å². The fourth-order valence-corrected chi connectivity index (χ4v) is 5.96. The van der Waals surface area contributed by atoms with Crippen LogP contribution >= 0.6 is 11.6 Å². The van der Waals surface area contributed by atoms with Crippen LogP contribution in [0.1, 0.15) is 65.9 Å². The predicted molar refractivity (Wildman–Crippen MR) is 118 cm³/mol. The number of aliphatic hydroxyl groups is 1. The van der Waals surface area contributed by atoms with E-state index in [4.69, 9.17) is 16.0 Å². The largest absolute Gasteiger partial charge is 0.410 e.